The average molecular weight is 269 g/mol. The molecular formula is C18H23NO. The Morgan fingerprint density at radius 2 is 1.45 bits per heavy atom. The van der Waals surface area contributed by atoms with E-state index >= 15 is 0 Å². The van der Waals surface area contributed by atoms with Crippen LogP contribution in [0.3, 0.4) is 0 Å². The van der Waals surface area contributed by atoms with Gasteiger partial charge in [0.2, 0.25) is 0 Å². The fourth-order valence-corrected chi connectivity index (χ4v) is 2.09. The number of nitrogens with two attached hydrogens (primary N) is 1. The van der Waals surface area contributed by atoms with E-state index in [2.05, 4.69) is 26.0 Å². The highest BCUT2D eigenvalue weighted by Crippen LogP contribution is 2.24. The van der Waals surface area contributed by atoms with Crippen molar-refractivity contribution < 1.29 is 4.74 Å². The topological polar surface area (TPSA) is 35.2 Å². The Labute approximate surface area is 121 Å². The van der Waals surface area contributed by atoms with Crippen molar-refractivity contribution in [3.8, 4) is 11.5 Å². The number of rotatable bonds is 6. The molecule has 0 aliphatic carbocycles. The molecule has 1 atom stereocenters. The third-order valence-electron chi connectivity index (χ3n) is 3.34. The summed E-state index contributed by atoms with van der Waals surface area (Å²) in [7, 11) is 0. The van der Waals surface area contributed by atoms with Crippen LogP contribution in [0.2, 0.25) is 0 Å². The summed E-state index contributed by atoms with van der Waals surface area (Å²) >= 11 is 0. The van der Waals surface area contributed by atoms with Crippen LogP contribution >= 0.6 is 0 Å². The summed E-state index contributed by atoms with van der Waals surface area (Å²) in [5, 5.41) is 0. The van der Waals surface area contributed by atoms with Gasteiger partial charge in [-0.3, -0.25) is 0 Å². The SMILES string of the molecule is CC(C)CC[C@@H](N)c1ccc(Oc2ccccc2)cc1. The van der Waals surface area contributed by atoms with E-state index in [0.29, 0.717) is 5.92 Å². The van der Waals surface area contributed by atoms with Gasteiger partial charge in [0, 0.05) is 6.04 Å². The second-order valence-corrected chi connectivity index (χ2v) is 5.56. The lowest BCUT2D eigenvalue weighted by molar-refractivity contribution is 0.481. The summed E-state index contributed by atoms with van der Waals surface area (Å²) in [6.45, 7) is 4.45. The summed E-state index contributed by atoms with van der Waals surface area (Å²) in [4.78, 5) is 0. The molecule has 2 nitrogen and oxygen atoms in total. The Kier molecular flexibility index (Phi) is 5.19. The monoisotopic (exact) mass is 269 g/mol. The van der Waals surface area contributed by atoms with Gasteiger partial charge in [0.25, 0.3) is 0 Å². The molecule has 0 heterocycles. The molecule has 0 spiro atoms. The van der Waals surface area contributed by atoms with Crippen LogP contribution < -0.4 is 10.5 Å². The van der Waals surface area contributed by atoms with Gasteiger partial charge in [0.15, 0.2) is 0 Å². The third kappa shape index (κ3) is 4.39. The lowest BCUT2D eigenvalue weighted by Crippen LogP contribution is -2.11. The molecule has 2 aromatic carbocycles. The quantitative estimate of drug-likeness (QED) is 0.808. The standard InChI is InChI=1S/C18H23NO/c1-14(2)8-13-18(19)15-9-11-17(12-10-15)20-16-6-4-3-5-7-16/h3-7,9-12,14,18H,8,13,19H2,1-2H3/t18-/m1/s1. The first-order valence-electron chi connectivity index (χ1n) is 7.23. The Bertz CT molecular complexity index is 505. The molecule has 0 fully saturated rings. The predicted octanol–water partition coefficient (Wildman–Crippen LogP) is 4.91. The Morgan fingerprint density at radius 1 is 0.850 bits per heavy atom. The van der Waals surface area contributed by atoms with Crippen molar-refractivity contribution in [2.75, 3.05) is 0 Å². The summed E-state index contributed by atoms with van der Waals surface area (Å²) in [6, 6.07) is 18.0. The predicted molar refractivity (Wildman–Crippen MR) is 84.0 cm³/mol. The molecule has 2 rings (SSSR count). The third-order valence-corrected chi connectivity index (χ3v) is 3.34. The molecule has 0 amide bonds. The smallest absolute Gasteiger partial charge is 0.127 e. The van der Waals surface area contributed by atoms with Gasteiger partial charge < -0.3 is 10.5 Å². The Morgan fingerprint density at radius 3 is 2.05 bits per heavy atom. The van der Waals surface area contributed by atoms with Crippen molar-refractivity contribution in [2.24, 2.45) is 11.7 Å². The highest BCUT2D eigenvalue weighted by Gasteiger charge is 2.07. The molecule has 0 aliphatic heterocycles. The molecule has 106 valence electrons. The number of para-hydroxylation sites is 1. The molecular weight excluding hydrogens is 246 g/mol. The molecule has 2 N–H and O–H groups in total. The van der Waals surface area contributed by atoms with Gasteiger partial charge >= 0.3 is 0 Å². The van der Waals surface area contributed by atoms with Gasteiger partial charge in [0.05, 0.1) is 0 Å². The van der Waals surface area contributed by atoms with E-state index < -0.39 is 0 Å². The minimum Gasteiger partial charge on any atom is -0.457 e. The maximum absolute atomic E-state index is 6.21. The van der Waals surface area contributed by atoms with Crippen molar-refractivity contribution in [2.45, 2.75) is 32.7 Å². The van der Waals surface area contributed by atoms with Gasteiger partial charge in [-0.15, -0.1) is 0 Å². The summed E-state index contributed by atoms with van der Waals surface area (Å²) < 4.78 is 5.77. The van der Waals surface area contributed by atoms with Crippen LogP contribution in [0, 0.1) is 5.92 Å². The molecule has 0 unspecified atom stereocenters. The van der Waals surface area contributed by atoms with Gasteiger partial charge in [-0.05, 0) is 48.6 Å². The van der Waals surface area contributed by atoms with E-state index in [4.69, 9.17) is 10.5 Å². The molecule has 0 bridgehead atoms. The summed E-state index contributed by atoms with van der Waals surface area (Å²) in [6.07, 6.45) is 2.18. The largest absolute Gasteiger partial charge is 0.457 e. The van der Waals surface area contributed by atoms with Gasteiger partial charge in [-0.1, -0.05) is 44.2 Å². The van der Waals surface area contributed by atoms with Crippen LogP contribution in [0.15, 0.2) is 54.6 Å². The lowest BCUT2D eigenvalue weighted by Gasteiger charge is -2.14. The first-order chi connectivity index (χ1) is 9.65. The van der Waals surface area contributed by atoms with E-state index in [9.17, 15) is 0 Å². The van der Waals surface area contributed by atoms with E-state index in [0.717, 1.165) is 24.3 Å². The minimum absolute atomic E-state index is 0.114. The van der Waals surface area contributed by atoms with Crippen molar-refractivity contribution in [1.82, 2.24) is 0 Å². The minimum atomic E-state index is 0.114. The zero-order valence-electron chi connectivity index (χ0n) is 12.3. The zero-order valence-corrected chi connectivity index (χ0v) is 12.3. The lowest BCUT2D eigenvalue weighted by atomic mass is 9.98. The van der Waals surface area contributed by atoms with Crippen LogP contribution in [0.1, 0.15) is 38.3 Å². The maximum Gasteiger partial charge on any atom is 0.127 e. The number of ether oxygens (including phenoxy) is 1. The molecule has 0 radical (unpaired) electrons. The van der Waals surface area contributed by atoms with E-state index in [-0.39, 0.29) is 6.04 Å². The zero-order chi connectivity index (χ0) is 14.4. The molecule has 20 heavy (non-hydrogen) atoms. The molecule has 0 aromatic heterocycles. The van der Waals surface area contributed by atoms with E-state index in [1.807, 2.05) is 42.5 Å². The fourth-order valence-electron chi connectivity index (χ4n) is 2.09. The number of hydrogen-bond acceptors (Lipinski definition) is 2. The number of benzene rings is 2. The van der Waals surface area contributed by atoms with Gasteiger partial charge in [-0.2, -0.15) is 0 Å². The van der Waals surface area contributed by atoms with Crippen LogP contribution in [0.4, 0.5) is 0 Å². The molecule has 0 saturated heterocycles. The molecule has 0 aliphatic rings. The number of hydrogen-bond donors (Lipinski definition) is 1. The van der Waals surface area contributed by atoms with E-state index in [1.54, 1.807) is 0 Å². The fraction of sp³-hybridized carbons (Fsp3) is 0.333. The molecule has 2 heteroatoms. The summed E-state index contributed by atoms with van der Waals surface area (Å²) in [5.41, 5.74) is 7.38. The van der Waals surface area contributed by atoms with Gasteiger partial charge in [0.1, 0.15) is 11.5 Å². The first kappa shape index (κ1) is 14.6. The molecule has 2 aromatic rings. The highest BCUT2D eigenvalue weighted by molar-refractivity contribution is 5.33. The maximum atomic E-state index is 6.21. The summed E-state index contributed by atoms with van der Waals surface area (Å²) in [5.74, 6) is 2.39. The van der Waals surface area contributed by atoms with Crippen LogP contribution in [0.5, 0.6) is 11.5 Å². The van der Waals surface area contributed by atoms with Crippen molar-refractivity contribution in [3.05, 3.63) is 60.2 Å². The Balaban J connectivity index is 1.96. The van der Waals surface area contributed by atoms with Crippen LogP contribution in [-0.2, 0) is 0 Å². The second-order valence-electron chi connectivity index (χ2n) is 5.56. The average Bonchev–Trinajstić information content (AvgIpc) is 2.46. The first-order valence-corrected chi connectivity index (χ1v) is 7.23. The van der Waals surface area contributed by atoms with Crippen LogP contribution in [0.25, 0.3) is 0 Å². The normalized spacial score (nSPS) is 12.4. The molecule has 0 saturated carbocycles. The van der Waals surface area contributed by atoms with Crippen LogP contribution in [-0.4, -0.2) is 0 Å². The van der Waals surface area contributed by atoms with Crippen molar-refractivity contribution in [3.63, 3.8) is 0 Å². The van der Waals surface area contributed by atoms with Crippen molar-refractivity contribution >= 4 is 0 Å². The Hall–Kier alpha value is -1.80. The highest BCUT2D eigenvalue weighted by atomic mass is 16.5. The van der Waals surface area contributed by atoms with Gasteiger partial charge in [-0.25, -0.2) is 0 Å². The second kappa shape index (κ2) is 7.11. The van der Waals surface area contributed by atoms with Crippen molar-refractivity contribution in [1.29, 1.82) is 0 Å². The van der Waals surface area contributed by atoms with E-state index in [1.165, 1.54) is 5.56 Å².